The molecule has 0 bridgehead atoms. The van der Waals surface area contributed by atoms with Crippen LogP contribution < -0.4 is 4.74 Å². The van der Waals surface area contributed by atoms with Crippen molar-refractivity contribution in [2.75, 3.05) is 6.61 Å². The Morgan fingerprint density at radius 2 is 2.04 bits per heavy atom. The first-order valence-electron chi connectivity index (χ1n) is 11.4. The molecule has 0 radical (unpaired) electrons. The van der Waals surface area contributed by atoms with Crippen molar-refractivity contribution in [2.24, 2.45) is 28.6 Å². The molecule has 4 aliphatic rings. The van der Waals surface area contributed by atoms with Gasteiger partial charge in [0.25, 0.3) is 0 Å². The van der Waals surface area contributed by atoms with Crippen molar-refractivity contribution >= 4 is 11.3 Å². The third kappa shape index (κ3) is 2.74. The van der Waals surface area contributed by atoms with Crippen LogP contribution in [0.3, 0.4) is 0 Å². The van der Waals surface area contributed by atoms with Crippen LogP contribution in [0.4, 0.5) is 0 Å². The maximum absolute atomic E-state index is 10.2. The second-order valence-corrected chi connectivity index (χ2v) is 11.2. The van der Waals surface area contributed by atoms with Gasteiger partial charge >= 0.3 is 0 Å². The first-order valence-corrected chi connectivity index (χ1v) is 12.3. The third-order valence-corrected chi connectivity index (χ3v) is 10.1. The summed E-state index contributed by atoms with van der Waals surface area (Å²) in [5.74, 6) is 3.87. The molecule has 0 amide bonds. The van der Waals surface area contributed by atoms with E-state index >= 15 is 0 Å². The number of fused-ring (bicyclic) bond motifs is 5. The zero-order valence-electron chi connectivity index (χ0n) is 17.6. The first-order chi connectivity index (χ1) is 13.5. The van der Waals surface area contributed by atoms with E-state index in [1.165, 1.54) is 43.5 Å². The molecule has 4 aliphatic carbocycles. The second kappa shape index (κ2) is 6.84. The van der Waals surface area contributed by atoms with Crippen LogP contribution in [0.5, 0.6) is 5.88 Å². The van der Waals surface area contributed by atoms with Gasteiger partial charge in [-0.3, -0.25) is 0 Å². The van der Waals surface area contributed by atoms with Crippen molar-refractivity contribution < 1.29 is 9.84 Å². The SMILES string of the molecule is CCOc1csc(C2CCC3C4CC=C5CC(O)CCC5(C)C4CCC23C)n1. The third-order valence-electron chi connectivity index (χ3n) is 9.17. The van der Waals surface area contributed by atoms with E-state index in [1.807, 2.05) is 18.3 Å². The summed E-state index contributed by atoms with van der Waals surface area (Å²) in [6.07, 6.45) is 12.1. The fourth-order valence-corrected chi connectivity index (χ4v) is 8.73. The van der Waals surface area contributed by atoms with Gasteiger partial charge in [-0.1, -0.05) is 25.5 Å². The van der Waals surface area contributed by atoms with Crippen molar-refractivity contribution in [2.45, 2.75) is 84.2 Å². The Morgan fingerprint density at radius 3 is 2.86 bits per heavy atom. The van der Waals surface area contributed by atoms with E-state index in [2.05, 4.69) is 25.3 Å². The van der Waals surface area contributed by atoms with Crippen LogP contribution in [0.15, 0.2) is 17.0 Å². The van der Waals surface area contributed by atoms with Crippen molar-refractivity contribution in [3.63, 3.8) is 0 Å². The highest BCUT2D eigenvalue weighted by Gasteiger charge is 2.59. The van der Waals surface area contributed by atoms with Gasteiger partial charge < -0.3 is 9.84 Å². The van der Waals surface area contributed by atoms with E-state index < -0.39 is 0 Å². The summed E-state index contributed by atoms with van der Waals surface area (Å²) in [7, 11) is 0. The van der Waals surface area contributed by atoms with Gasteiger partial charge in [0.2, 0.25) is 5.88 Å². The summed E-state index contributed by atoms with van der Waals surface area (Å²) in [6.45, 7) is 7.81. The molecule has 0 aliphatic heterocycles. The second-order valence-electron chi connectivity index (χ2n) is 10.3. The quantitative estimate of drug-likeness (QED) is 0.637. The molecule has 0 aromatic carbocycles. The van der Waals surface area contributed by atoms with Crippen molar-refractivity contribution in [1.29, 1.82) is 0 Å². The molecule has 0 spiro atoms. The molecule has 7 unspecified atom stereocenters. The molecule has 1 N–H and O–H groups in total. The van der Waals surface area contributed by atoms with Crippen molar-refractivity contribution in [1.82, 2.24) is 4.98 Å². The van der Waals surface area contributed by atoms with Crippen molar-refractivity contribution in [3.8, 4) is 5.88 Å². The number of aliphatic hydroxyl groups excluding tert-OH is 1. The molecule has 154 valence electrons. The largest absolute Gasteiger partial charge is 0.477 e. The van der Waals surface area contributed by atoms with E-state index in [0.717, 1.165) is 36.5 Å². The van der Waals surface area contributed by atoms with Gasteiger partial charge in [-0.2, -0.15) is 0 Å². The van der Waals surface area contributed by atoms with Gasteiger partial charge in [0.1, 0.15) is 5.01 Å². The summed E-state index contributed by atoms with van der Waals surface area (Å²) < 4.78 is 5.65. The van der Waals surface area contributed by atoms with Crippen LogP contribution >= 0.6 is 11.3 Å². The van der Waals surface area contributed by atoms with Gasteiger partial charge in [0.05, 0.1) is 18.1 Å². The van der Waals surface area contributed by atoms with Crippen LogP contribution in [0.2, 0.25) is 0 Å². The van der Waals surface area contributed by atoms with Crippen LogP contribution in [-0.4, -0.2) is 22.8 Å². The summed E-state index contributed by atoms with van der Waals surface area (Å²) in [6, 6.07) is 0. The average molecular weight is 402 g/mol. The fraction of sp³-hybridized carbons (Fsp3) is 0.792. The Kier molecular flexibility index (Phi) is 4.67. The smallest absolute Gasteiger partial charge is 0.224 e. The fourth-order valence-electron chi connectivity index (χ4n) is 7.69. The zero-order valence-corrected chi connectivity index (χ0v) is 18.4. The van der Waals surface area contributed by atoms with Crippen LogP contribution in [0, 0.1) is 28.6 Å². The number of allylic oxidation sites excluding steroid dienone is 1. The standard InChI is InChI=1S/C24H35NO2S/c1-4-27-21-14-28-22(25-21)20-8-7-18-17-6-5-15-13-16(26)9-11-23(15,2)19(17)10-12-24(18,20)3/h5,14,16-20,26H,4,6-13H2,1-3H3. The minimum atomic E-state index is -0.106. The van der Waals surface area contributed by atoms with Gasteiger partial charge in [-0.25, -0.2) is 4.98 Å². The van der Waals surface area contributed by atoms with Gasteiger partial charge in [0.15, 0.2) is 0 Å². The number of rotatable bonds is 3. The molecular formula is C24H35NO2S. The highest BCUT2D eigenvalue weighted by Crippen LogP contribution is 2.68. The van der Waals surface area contributed by atoms with Crippen LogP contribution in [0.25, 0.3) is 0 Å². The molecule has 4 heteroatoms. The molecule has 1 heterocycles. The van der Waals surface area contributed by atoms with E-state index in [0.29, 0.717) is 23.4 Å². The molecule has 3 nitrogen and oxygen atoms in total. The normalized spacial score (nSPS) is 45.0. The maximum Gasteiger partial charge on any atom is 0.224 e. The zero-order chi connectivity index (χ0) is 19.5. The maximum atomic E-state index is 10.2. The topological polar surface area (TPSA) is 42.4 Å². The van der Waals surface area contributed by atoms with Gasteiger partial charge in [-0.15, -0.1) is 11.3 Å². The summed E-state index contributed by atoms with van der Waals surface area (Å²) >= 11 is 1.81. The molecule has 3 fully saturated rings. The number of ether oxygens (including phenoxy) is 1. The molecule has 3 saturated carbocycles. The van der Waals surface area contributed by atoms with Crippen LogP contribution in [-0.2, 0) is 0 Å². The van der Waals surface area contributed by atoms with E-state index in [9.17, 15) is 5.11 Å². The Labute approximate surface area is 173 Å². The Hall–Kier alpha value is -0.870. The minimum absolute atomic E-state index is 0.106. The lowest BCUT2D eigenvalue weighted by Crippen LogP contribution is -2.50. The molecule has 1 aromatic rings. The average Bonchev–Trinajstić information content (AvgIpc) is 3.26. The molecule has 0 saturated heterocycles. The summed E-state index contributed by atoms with van der Waals surface area (Å²) in [5, 5.41) is 13.6. The van der Waals surface area contributed by atoms with Crippen molar-refractivity contribution in [3.05, 3.63) is 22.0 Å². The molecule has 1 aromatic heterocycles. The Balaban J connectivity index is 1.42. The lowest BCUT2D eigenvalue weighted by molar-refractivity contribution is -0.0409. The minimum Gasteiger partial charge on any atom is -0.477 e. The molecule has 28 heavy (non-hydrogen) atoms. The summed E-state index contributed by atoms with van der Waals surface area (Å²) in [4.78, 5) is 4.87. The highest BCUT2D eigenvalue weighted by molar-refractivity contribution is 7.09. The lowest BCUT2D eigenvalue weighted by Gasteiger charge is -2.58. The molecular weight excluding hydrogens is 366 g/mol. The predicted octanol–water partition coefficient (Wildman–Crippen LogP) is 5.95. The van der Waals surface area contributed by atoms with Crippen LogP contribution in [0.1, 0.15) is 83.1 Å². The lowest BCUT2D eigenvalue weighted by atomic mass is 9.47. The number of thiazole rings is 1. The number of aromatic nitrogens is 1. The number of hydrogen-bond donors (Lipinski definition) is 1. The van der Waals surface area contributed by atoms with E-state index in [4.69, 9.17) is 9.72 Å². The van der Waals surface area contributed by atoms with Gasteiger partial charge in [-0.05, 0) is 86.9 Å². The molecule has 7 atom stereocenters. The predicted molar refractivity (Wildman–Crippen MR) is 114 cm³/mol. The number of aliphatic hydroxyl groups is 1. The number of nitrogens with zero attached hydrogens (tertiary/aromatic N) is 1. The van der Waals surface area contributed by atoms with E-state index in [-0.39, 0.29) is 6.10 Å². The first kappa shape index (κ1) is 19.1. The Bertz CT molecular complexity index is 772. The highest BCUT2D eigenvalue weighted by atomic mass is 32.1. The molecule has 5 rings (SSSR count). The Morgan fingerprint density at radius 1 is 1.18 bits per heavy atom. The van der Waals surface area contributed by atoms with Gasteiger partial charge in [0, 0.05) is 5.92 Å². The monoisotopic (exact) mass is 401 g/mol. The summed E-state index contributed by atoms with van der Waals surface area (Å²) in [5.41, 5.74) is 2.30. The van der Waals surface area contributed by atoms with E-state index in [1.54, 1.807) is 5.57 Å². The number of hydrogen-bond acceptors (Lipinski definition) is 4.